The van der Waals surface area contributed by atoms with Gasteiger partial charge >= 0.3 is 0 Å². The SMILES string of the molecule is COc1ccc(CCC(=O)NCCCCN2CC(C)CC(C)C2)cc1Br. The van der Waals surface area contributed by atoms with E-state index in [-0.39, 0.29) is 5.91 Å². The van der Waals surface area contributed by atoms with E-state index in [1.54, 1.807) is 7.11 Å². The van der Waals surface area contributed by atoms with Crippen molar-refractivity contribution < 1.29 is 9.53 Å². The number of methoxy groups -OCH3 is 1. The molecule has 1 saturated heterocycles. The number of halogens is 1. The zero-order valence-corrected chi connectivity index (χ0v) is 18.0. The number of hydrogen-bond donors (Lipinski definition) is 1. The number of aryl methyl sites for hydroxylation is 1. The molecule has 1 amide bonds. The van der Waals surface area contributed by atoms with Gasteiger partial charge in [-0.1, -0.05) is 19.9 Å². The Balaban J connectivity index is 1.57. The van der Waals surface area contributed by atoms with Crippen LogP contribution in [0.2, 0.25) is 0 Å². The molecule has 1 fully saturated rings. The number of rotatable bonds is 9. The molecule has 26 heavy (non-hydrogen) atoms. The van der Waals surface area contributed by atoms with Gasteiger partial charge in [0.05, 0.1) is 11.6 Å². The Morgan fingerprint density at radius 3 is 2.65 bits per heavy atom. The van der Waals surface area contributed by atoms with Crippen LogP contribution in [0, 0.1) is 11.8 Å². The molecule has 1 aliphatic rings. The predicted octanol–water partition coefficient (Wildman–Crippen LogP) is 4.26. The number of nitrogens with one attached hydrogen (secondary N) is 1. The minimum atomic E-state index is 0.136. The van der Waals surface area contributed by atoms with E-state index in [0.29, 0.717) is 6.42 Å². The predicted molar refractivity (Wildman–Crippen MR) is 111 cm³/mol. The molecule has 4 nitrogen and oxygen atoms in total. The number of amides is 1. The first-order valence-electron chi connectivity index (χ1n) is 9.79. The summed E-state index contributed by atoms with van der Waals surface area (Å²) in [5, 5.41) is 3.05. The van der Waals surface area contributed by atoms with E-state index in [1.165, 1.54) is 19.5 Å². The molecule has 0 aromatic heterocycles. The topological polar surface area (TPSA) is 41.6 Å². The second-order valence-corrected chi connectivity index (χ2v) is 8.59. The second kappa shape index (κ2) is 10.9. The minimum Gasteiger partial charge on any atom is -0.496 e. The van der Waals surface area contributed by atoms with E-state index in [0.717, 1.165) is 60.0 Å². The average Bonchev–Trinajstić information content (AvgIpc) is 2.59. The maximum Gasteiger partial charge on any atom is 0.220 e. The van der Waals surface area contributed by atoms with Gasteiger partial charge in [0.25, 0.3) is 0 Å². The van der Waals surface area contributed by atoms with Gasteiger partial charge in [-0.25, -0.2) is 0 Å². The molecule has 2 atom stereocenters. The monoisotopic (exact) mass is 424 g/mol. The van der Waals surface area contributed by atoms with Crippen molar-refractivity contribution in [2.24, 2.45) is 11.8 Å². The van der Waals surface area contributed by atoms with Gasteiger partial charge in [0.15, 0.2) is 0 Å². The van der Waals surface area contributed by atoms with Crippen molar-refractivity contribution in [1.82, 2.24) is 10.2 Å². The molecule has 1 N–H and O–H groups in total. The van der Waals surface area contributed by atoms with Gasteiger partial charge < -0.3 is 15.0 Å². The van der Waals surface area contributed by atoms with Gasteiger partial charge in [-0.2, -0.15) is 0 Å². The molecule has 1 aliphatic heterocycles. The fourth-order valence-corrected chi connectivity index (χ4v) is 4.46. The molecule has 1 aromatic rings. The molecule has 0 saturated carbocycles. The zero-order valence-electron chi connectivity index (χ0n) is 16.4. The fourth-order valence-electron chi connectivity index (χ4n) is 3.87. The first-order chi connectivity index (χ1) is 12.5. The van der Waals surface area contributed by atoms with E-state index in [1.807, 2.05) is 18.2 Å². The van der Waals surface area contributed by atoms with Gasteiger partial charge in [-0.15, -0.1) is 0 Å². The van der Waals surface area contributed by atoms with Crippen molar-refractivity contribution in [1.29, 1.82) is 0 Å². The molecule has 2 unspecified atom stereocenters. The van der Waals surface area contributed by atoms with Crippen LogP contribution in [0.25, 0.3) is 0 Å². The molecule has 0 bridgehead atoms. The van der Waals surface area contributed by atoms with E-state index < -0.39 is 0 Å². The standard InChI is InChI=1S/C21H33BrN2O2/c1-16-12-17(2)15-24(14-16)11-5-4-10-23-21(25)9-7-18-6-8-20(26-3)19(22)13-18/h6,8,13,16-17H,4-5,7,9-12,14-15H2,1-3H3,(H,23,25). The second-order valence-electron chi connectivity index (χ2n) is 7.73. The fraction of sp³-hybridized carbons (Fsp3) is 0.667. The van der Waals surface area contributed by atoms with Crippen LogP contribution in [0.3, 0.4) is 0 Å². The zero-order chi connectivity index (χ0) is 18.9. The van der Waals surface area contributed by atoms with Crippen LogP contribution < -0.4 is 10.1 Å². The summed E-state index contributed by atoms with van der Waals surface area (Å²) in [7, 11) is 1.65. The van der Waals surface area contributed by atoms with Crippen LogP contribution in [0.1, 0.15) is 45.1 Å². The Bertz CT molecular complexity index is 569. The van der Waals surface area contributed by atoms with Gasteiger partial charge in [0.2, 0.25) is 5.91 Å². The Kier molecular flexibility index (Phi) is 8.93. The normalized spacial score (nSPS) is 20.8. The molecular weight excluding hydrogens is 392 g/mol. The van der Waals surface area contributed by atoms with Gasteiger partial charge in [0, 0.05) is 26.1 Å². The largest absolute Gasteiger partial charge is 0.496 e. The Hall–Kier alpha value is -1.07. The van der Waals surface area contributed by atoms with Gasteiger partial charge in [-0.05, 0) is 77.7 Å². The lowest BCUT2D eigenvalue weighted by Crippen LogP contribution is -2.39. The van der Waals surface area contributed by atoms with Crippen molar-refractivity contribution in [2.45, 2.75) is 46.0 Å². The summed E-state index contributed by atoms with van der Waals surface area (Å²) in [5.41, 5.74) is 1.14. The summed E-state index contributed by atoms with van der Waals surface area (Å²) in [5.74, 6) is 2.58. The van der Waals surface area contributed by atoms with E-state index in [4.69, 9.17) is 4.74 Å². The van der Waals surface area contributed by atoms with Crippen LogP contribution in [-0.4, -0.2) is 44.1 Å². The number of carbonyl (C=O) groups excluding carboxylic acids is 1. The highest BCUT2D eigenvalue weighted by Gasteiger charge is 2.20. The van der Waals surface area contributed by atoms with Crippen LogP contribution in [-0.2, 0) is 11.2 Å². The lowest BCUT2D eigenvalue weighted by atomic mass is 9.92. The third-order valence-electron chi connectivity index (χ3n) is 5.02. The number of ether oxygens (including phenoxy) is 1. The van der Waals surface area contributed by atoms with E-state index in [9.17, 15) is 4.79 Å². The average molecular weight is 425 g/mol. The van der Waals surface area contributed by atoms with Crippen LogP contribution in [0.5, 0.6) is 5.75 Å². The lowest BCUT2D eigenvalue weighted by Gasteiger charge is -2.34. The van der Waals surface area contributed by atoms with Crippen molar-refractivity contribution in [3.05, 3.63) is 28.2 Å². The number of piperidine rings is 1. The summed E-state index contributed by atoms with van der Waals surface area (Å²) in [6.45, 7) is 9.10. The molecule has 5 heteroatoms. The van der Waals surface area contributed by atoms with Crippen LogP contribution >= 0.6 is 15.9 Å². The Labute approximate surface area is 166 Å². The summed E-state index contributed by atoms with van der Waals surface area (Å²) in [4.78, 5) is 14.6. The van der Waals surface area contributed by atoms with Crippen LogP contribution in [0.15, 0.2) is 22.7 Å². The molecule has 2 rings (SSSR count). The number of likely N-dealkylation sites (tertiary alicyclic amines) is 1. The molecule has 1 heterocycles. The Morgan fingerprint density at radius 1 is 1.27 bits per heavy atom. The molecule has 146 valence electrons. The van der Waals surface area contributed by atoms with Crippen molar-refractivity contribution in [3.8, 4) is 5.75 Å². The minimum absolute atomic E-state index is 0.136. The van der Waals surface area contributed by atoms with E-state index >= 15 is 0 Å². The molecule has 0 spiro atoms. The first-order valence-corrected chi connectivity index (χ1v) is 10.6. The Morgan fingerprint density at radius 2 is 2.00 bits per heavy atom. The first kappa shape index (κ1) is 21.2. The van der Waals surface area contributed by atoms with Crippen molar-refractivity contribution in [3.63, 3.8) is 0 Å². The lowest BCUT2D eigenvalue weighted by molar-refractivity contribution is -0.121. The highest BCUT2D eigenvalue weighted by atomic mass is 79.9. The summed E-state index contributed by atoms with van der Waals surface area (Å²) in [6.07, 6.45) is 4.85. The third kappa shape index (κ3) is 7.28. The number of nitrogens with zero attached hydrogens (tertiary/aromatic N) is 1. The molecule has 1 aromatic carbocycles. The quantitative estimate of drug-likeness (QED) is 0.601. The number of benzene rings is 1. The van der Waals surface area contributed by atoms with Gasteiger partial charge in [-0.3, -0.25) is 4.79 Å². The van der Waals surface area contributed by atoms with Crippen molar-refractivity contribution in [2.75, 3.05) is 33.3 Å². The summed E-state index contributed by atoms with van der Waals surface area (Å²) in [6, 6.07) is 5.96. The number of carbonyl (C=O) groups is 1. The summed E-state index contributed by atoms with van der Waals surface area (Å²) >= 11 is 3.48. The van der Waals surface area contributed by atoms with E-state index in [2.05, 4.69) is 40.0 Å². The third-order valence-corrected chi connectivity index (χ3v) is 5.64. The molecule has 0 radical (unpaired) electrons. The maximum atomic E-state index is 12.0. The summed E-state index contributed by atoms with van der Waals surface area (Å²) < 4.78 is 6.16. The van der Waals surface area contributed by atoms with Crippen LogP contribution in [0.4, 0.5) is 0 Å². The smallest absolute Gasteiger partial charge is 0.220 e. The number of hydrogen-bond acceptors (Lipinski definition) is 3. The highest BCUT2D eigenvalue weighted by molar-refractivity contribution is 9.10. The maximum absolute atomic E-state index is 12.0. The van der Waals surface area contributed by atoms with Gasteiger partial charge in [0.1, 0.15) is 5.75 Å². The highest BCUT2D eigenvalue weighted by Crippen LogP contribution is 2.26. The number of unbranched alkanes of at least 4 members (excludes halogenated alkanes) is 1. The molecule has 0 aliphatic carbocycles. The van der Waals surface area contributed by atoms with Crippen molar-refractivity contribution >= 4 is 21.8 Å². The molecular formula is C21H33BrN2O2.